The Labute approximate surface area is 123 Å². The molecule has 0 aliphatic carbocycles. The van der Waals surface area contributed by atoms with E-state index in [9.17, 15) is 4.79 Å². The van der Waals surface area contributed by atoms with Gasteiger partial charge in [0.2, 0.25) is 0 Å². The largest absolute Gasteiger partial charge is 0.464 e. The van der Waals surface area contributed by atoms with Crippen molar-refractivity contribution in [2.45, 2.75) is 26.4 Å². The first kappa shape index (κ1) is 13.7. The number of carbonyl (C=O) groups excluding carboxylic acids is 1. The van der Waals surface area contributed by atoms with Crippen LogP contribution in [0.15, 0.2) is 24.3 Å². The number of aryl methyl sites for hydroxylation is 1. The molecule has 5 nitrogen and oxygen atoms in total. The minimum atomic E-state index is -0.413. The van der Waals surface area contributed by atoms with Gasteiger partial charge < -0.3 is 10.1 Å². The van der Waals surface area contributed by atoms with Crippen LogP contribution in [0.3, 0.4) is 0 Å². The molecule has 1 aliphatic heterocycles. The molecule has 2 heterocycles. The molecule has 0 spiro atoms. The third kappa shape index (κ3) is 2.52. The van der Waals surface area contributed by atoms with Gasteiger partial charge in [-0.2, -0.15) is 0 Å². The standard InChI is InChI=1S/C16H17N3O2/c1-3-10-4-6-11(7-5-10)15-18-13-9-17-8-12(13)14(19-15)16(20)21-2/h4-7,17H,3,8-9H2,1-2H3. The quantitative estimate of drug-likeness (QED) is 0.874. The number of hydrogen-bond donors (Lipinski definition) is 1. The molecule has 0 bridgehead atoms. The van der Waals surface area contributed by atoms with Crippen LogP contribution in [0.5, 0.6) is 0 Å². The van der Waals surface area contributed by atoms with Gasteiger partial charge in [-0.3, -0.25) is 0 Å². The van der Waals surface area contributed by atoms with Crippen LogP contribution in [-0.2, 0) is 24.2 Å². The monoisotopic (exact) mass is 283 g/mol. The molecule has 108 valence electrons. The van der Waals surface area contributed by atoms with E-state index in [1.54, 1.807) is 0 Å². The van der Waals surface area contributed by atoms with E-state index in [2.05, 4.69) is 34.3 Å². The smallest absolute Gasteiger partial charge is 0.357 e. The van der Waals surface area contributed by atoms with Gasteiger partial charge in [-0.25, -0.2) is 14.8 Å². The minimum absolute atomic E-state index is 0.363. The first-order valence-electron chi connectivity index (χ1n) is 7.01. The molecule has 1 aromatic heterocycles. The molecule has 21 heavy (non-hydrogen) atoms. The van der Waals surface area contributed by atoms with Crippen LogP contribution >= 0.6 is 0 Å². The lowest BCUT2D eigenvalue weighted by Gasteiger charge is -2.08. The number of aromatic nitrogens is 2. The van der Waals surface area contributed by atoms with Crippen molar-refractivity contribution < 1.29 is 9.53 Å². The van der Waals surface area contributed by atoms with Gasteiger partial charge in [0, 0.05) is 24.2 Å². The van der Waals surface area contributed by atoms with E-state index in [0.29, 0.717) is 24.6 Å². The van der Waals surface area contributed by atoms with E-state index >= 15 is 0 Å². The number of nitrogens with zero attached hydrogens (tertiary/aromatic N) is 2. The molecular weight excluding hydrogens is 266 g/mol. The molecule has 3 rings (SSSR count). The molecule has 0 atom stereocenters. The maximum Gasteiger partial charge on any atom is 0.357 e. The average Bonchev–Trinajstić information content (AvgIpc) is 3.01. The van der Waals surface area contributed by atoms with E-state index in [-0.39, 0.29) is 0 Å². The summed E-state index contributed by atoms with van der Waals surface area (Å²) in [6.07, 6.45) is 0.989. The van der Waals surface area contributed by atoms with E-state index in [0.717, 1.165) is 23.2 Å². The fraction of sp³-hybridized carbons (Fsp3) is 0.312. The van der Waals surface area contributed by atoms with Crippen LogP contribution < -0.4 is 5.32 Å². The van der Waals surface area contributed by atoms with Crippen LogP contribution in [0.25, 0.3) is 11.4 Å². The van der Waals surface area contributed by atoms with Gasteiger partial charge in [-0.05, 0) is 12.0 Å². The summed E-state index contributed by atoms with van der Waals surface area (Å²) >= 11 is 0. The van der Waals surface area contributed by atoms with Crippen molar-refractivity contribution in [3.05, 3.63) is 46.8 Å². The van der Waals surface area contributed by atoms with Crippen LogP contribution in [0.2, 0.25) is 0 Å². The highest BCUT2D eigenvalue weighted by atomic mass is 16.5. The maximum absolute atomic E-state index is 11.9. The topological polar surface area (TPSA) is 64.1 Å². The van der Waals surface area contributed by atoms with E-state index in [1.165, 1.54) is 12.7 Å². The highest BCUT2D eigenvalue weighted by Gasteiger charge is 2.24. The zero-order valence-corrected chi connectivity index (χ0v) is 12.1. The van der Waals surface area contributed by atoms with E-state index in [1.807, 2.05) is 12.1 Å². The Balaban J connectivity index is 2.08. The number of esters is 1. The summed E-state index contributed by atoms with van der Waals surface area (Å²) in [4.78, 5) is 20.9. The number of carbonyl (C=O) groups is 1. The molecule has 0 saturated heterocycles. The Bertz CT molecular complexity index is 681. The molecule has 2 aromatic rings. The van der Waals surface area contributed by atoms with Crippen LogP contribution in [0.4, 0.5) is 0 Å². The Kier molecular flexibility index (Phi) is 3.66. The Morgan fingerprint density at radius 1 is 1.24 bits per heavy atom. The van der Waals surface area contributed by atoms with Crippen molar-refractivity contribution in [1.82, 2.24) is 15.3 Å². The number of hydrogen-bond acceptors (Lipinski definition) is 5. The predicted octanol–water partition coefficient (Wildman–Crippen LogP) is 2.10. The summed E-state index contributed by atoms with van der Waals surface area (Å²) in [5.41, 5.74) is 4.25. The molecule has 0 fully saturated rings. The summed E-state index contributed by atoms with van der Waals surface area (Å²) in [6, 6.07) is 8.10. The van der Waals surface area contributed by atoms with E-state index < -0.39 is 5.97 Å². The van der Waals surface area contributed by atoms with Gasteiger partial charge in [0.15, 0.2) is 11.5 Å². The number of fused-ring (bicyclic) bond motifs is 1. The third-order valence-corrected chi connectivity index (χ3v) is 3.69. The number of methoxy groups -OCH3 is 1. The van der Waals surface area contributed by atoms with Crippen molar-refractivity contribution in [3.63, 3.8) is 0 Å². The highest BCUT2D eigenvalue weighted by molar-refractivity contribution is 5.89. The molecule has 1 N–H and O–H groups in total. The zero-order chi connectivity index (χ0) is 14.8. The Morgan fingerprint density at radius 2 is 2.00 bits per heavy atom. The summed E-state index contributed by atoms with van der Waals surface area (Å²) in [7, 11) is 1.37. The molecule has 0 saturated carbocycles. The Morgan fingerprint density at radius 3 is 2.67 bits per heavy atom. The van der Waals surface area contributed by atoms with Gasteiger partial charge in [-0.15, -0.1) is 0 Å². The van der Waals surface area contributed by atoms with Gasteiger partial charge in [0.25, 0.3) is 0 Å². The lowest BCUT2D eigenvalue weighted by Crippen LogP contribution is -2.11. The van der Waals surface area contributed by atoms with Crippen LogP contribution in [0.1, 0.15) is 34.2 Å². The summed E-state index contributed by atoms with van der Waals surface area (Å²) in [6.45, 7) is 3.37. The normalized spacial score (nSPS) is 13.0. The fourth-order valence-electron chi connectivity index (χ4n) is 2.45. The lowest BCUT2D eigenvalue weighted by molar-refractivity contribution is 0.0592. The molecule has 1 aliphatic rings. The second-order valence-electron chi connectivity index (χ2n) is 4.97. The van der Waals surface area contributed by atoms with Gasteiger partial charge in [-0.1, -0.05) is 31.2 Å². The van der Waals surface area contributed by atoms with E-state index in [4.69, 9.17) is 4.74 Å². The van der Waals surface area contributed by atoms with Crippen molar-refractivity contribution in [3.8, 4) is 11.4 Å². The molecule has 1 aromatic carbocycles. The fourth-order valence-corrected chi connectivity index (χ4v) is 2.45. The number of benzene rings is 1. The lowest BCUT2D eigenvalue weighted by atomic mass is 10.1. The molecular formula is C16H17N3O2. The minimum Gasteiger partial charge on any atom is -0.464 e. The van der Waals surface area contributed by atoms with Crippen molar-refractivity contribution in [1.29, 1.82) is 0 Å². The summed E-state index contributed by atoms with van der Waals surface area (Å²) in [5.74, 6) is 0.157. The molecule has 0 amide bonds. The third-order valence-electron chi connectivity index (χ3n) is 3.69. The average molecular weight is 283 g/mol. The van der Waals surface area contributed by atoms with Crippen molar-refractivity contribution in [2.24, 2.45) is 0 Å². The zero-order valence-electron chi connectivity index (χ0n) is 12.1. The van der Waals surface area contributed by atoms with Gasteiger partial charge >= 0.3 is 5.97 Å². The summed E-state index contributed by atoms with van der Waals surface area (Å²) in [5, 5.41) is 3.19. The first-order valence-corrected chi connectivity index (χ1v) is 7.01. The van der Waals surface area contributed by atoms with Gasteiger partial charge in [0.05, 0.1) is 12.8 Å². The first-order chi connectivity index (χ1) is 10.2. The predicted molar refractivity (Wildman–Crippen MR) is 78.7 cm³/mol. The van der Waals surface area contributed by atoms with Crippen LogP contribution in [-0.4, -0.2) is 23.0 Å². The highest BCUT2D eigenvalue weighted by Crippen LogP contribution is 2.23. The molecule has 0 radical (unpaired) electrons. The second kappa shape index (κ2) is 5.61. The SMILES string of the molecule is CCc1ccc(-c2nc3c(c(C(=O)OC)n2)CNC3)cc1. The number of rotatable bonds is 3. The molecule has 0 unspecified atom stereocenters. The van der Waals surface area contributed by atoms with Crippen LogP contribution in [0, 0.1) is 0 Å². The molecule has 5 heteroatoms. The van der Waals surface area contributed by atoms with Gasteiger partial charge in [0.1, 0.15) is 0 Å². The van der Waals surface area contributed by atoms with Crippen molar-refractivity contribution in [2.75, 3.05) is 7.11 Å². The number of ether oxygens (including phenoxy) is 1. The second-order valence-corrected chi connectivity index (χ2v) is 4.97. The maximum atomic E-state index is 11.9. The number of nitrogens with one attached hydrogen (secondary N) is 1. The summed E-state index contributed by atoms with van der Waals surface area (Å²) < 4.78 is 4.83. The van der Waals surface area contributed by atoms with Crippen molar-refractivity contribution >= 4 is 5.97 Å². The Hall–Kier alpha value is -2.27.